The van der Waals surface area contributed by atoms with Crippen LogP contribution in [0.2, 0.25) is 5.02 Å². The molecule has 1 saturated heterocycles. The highest BCUT2D eigenvalue weighted by molar-refractivity contribution is 6.31. The van der Waals surface area contributed by atoms with Gasteiger partial charge in [-0.2, -0.15) is 0 Å². The number of rotatable bonds is 4. The summed E-state index contributed by atoms with van der Waals surface area (Å²) >= 11 is 5.94. The van der Waals surface area contributed by atoms with E-state index in [0.717, 1.165) is 24.8 Å². The van der Waals surface area contributed by atoms with Gasteiger partial charge in [0.2, 0.25) is 0 Å². The van der Waals surface area contributed by atoms with Crippen LogP contribution in [-0.2, 0) is 11.3 Å². The van der Waals surface area contributed by atoms with Gasteiger partial charge in [0.15, 0.2) is 0 Å². The van der Waals surface area contributed by atoms with Gasteiger partial charge in [-0.3, -0.25) is 4.90 Å². The Hall–Kier alpha value is -2.60. The van der Waals surface area contributed by atoms with Crippen LogP contribution in [0.4, 0.5) is 14.9 Å². The lowest BCUT2D eigenvalue weighted by atomic mass is 10.1. The quantitative estimate of drug-likeness (QED) is 0.682. The second-order valence-electron chi connectivity index (χ2n) is 6.70. The fourth-order valence-corrected chi connectivity index (χ4v) is 3.40. The third-order valence-corrected chi connectivity index (χ3v) is 5.08. The molecule has 0 radical (unpaired) electrons. The summed E-state index contributed by atoms with van der Waals surface area (Å²) < 4.78 is 18.3. The maximum Gasteiger partial charge on any atom is 0.337 e. The smallest absolute Gasteiger partial charge is 0.337 e. The lowest BCUT2D eigenvalue weighted by molar-refractivity contribution is 0.0600. The van der Waals surface area contributed by atoms with Crippen molar-refractivity contribution in [1.29, 1.82) is 0 Å². The van der Waals surface area contributed by atoms with E-state index in [0.29, 0.717) is 24.3 Å². The van der Waals surface area contributed by atoms with Gasteiger partial charge < -0.3 is 9.64 Å². The summed E-state index contributed by atoms with van der Waals surface area (Å²) in [4.78, 5) is 28.2. The zero-order valence-electron chi connectivity index (χ0n) is 15.7. The number of ether oxygens (including phenoxy) is 1. The molecule has 148 valence electrons. The summed E-state index contributed by atoms with van der Waals surface area (Å²) in [5.41, 5.74) is 1.79. The molecule has 0 saturated carbocycles. The molecule has 2 amide bonds. The monoisotopic (exact) mass is 404 g/mol. The van der Waals surface area contributed by atoms with Gasteiger partial charge in [0.25, 0.3) is 0 Å². The highest BCUT2D eigenvalue weighted by Crippen LogP contribution is 2.26. The molecule has 0 unspecified atom stereocenters. The Balaban J connectivity index is 1.87. The Labute approximate surface area is 168 Å². The molecule has 0 atom stereocenters. The molecule has 28 heavy (non-hydrogen) atoms. The first-order valence-corrected chi connectivity index (χ1v) is 9.56. The number of hydrogen-bond acceptors (Lipinski definition) is 3. The van der Waals surface area contributed by atoms with Crippen molar-refractivity contribution < 1.29 is 18.7 Å². The number of hydrogen-bond donors (Lipinski definition) is 0. The van der Waals surface area contributed by atoms with Crippen LogP contribution >= 0.6 is 11.6 Å². The number of amides is 2. The van der Waals surface area contributed by atoms with E-state index < -0.39 is 11.8 Å². The lowest BCUT2D eigenvalue weighted by Gasteiger charge is -2.33. The van der Waals surface area contributed by atoms with Crippen molar-refractivity contribution in [2.45, 2.75) is 25.8 Å². The number of anilines is 1. The first-order chi connectivity index (χ1) is 13.5. The minimum atomic E-state index is -0.529. The van der Waals surface area contributed by atoms with Crippen molar-refractivity contribution in [1.82, 2.24) is 4.90 Å². The predicted molar refractivity (Wildman–Crippen MR) is 106 cm³/mol. The largest absolute Gasteiger partial charge is 0.465 e. The highest BCUT2D eigenvalue weighted by atomic mass is 35.5. The molecule has 0 aliphatic carbocycles. The maximum absolute atomic E-state index is 13.6. The van der Waals surface area contributed by atoms with E-state index in [9.17, 15) is 14.0 Å². The van der Waals surface area contributed by atoms with Gasteiger partial charge in [-0.15, -0.1) is 0 Å². The fourth-order valence-electron chi connectivity index (χ4n) is 3.22. The van der Waals surface area contributed by atoms with Crippen molar-refractivity contribution in [3.05, 3.63) is 64.4 Å². The number of esters is 1. The first-order valence-electron chi connectivity index (χ1n) is 9.18. The van der Waals surface area contributed by atoms with Crippen LogP contribution in [0.5, 0.6) is 0 Å². The van der Waals surface area contributed by atoms with Crippen LogP contribution in [-0.4, -0.2) is 37.1 Å². The van der Waals surface area contributed by atoms with Crippen molar-refractivity contribution >= 4 is 29.3 Å². The summed E-state index contributed by atoms with van der Waals surface area (Å²) in [6, 6.07) is 11.0. The molecule has 1 aliphatic heterocycles. The summed E-state index contributed by atoms with van der Waals surface area (Å²) in [6.45, 7) is 1.68. The molecule has 1 fully saturated rings. The number of nitrogens with zero attached hydrogens (tertiary/aromatic N) is 2. The van der Waals surface area contributed by atoms with Crippen molar-refractivity contribution in [3.63, 3.8) is 0 Å². The Morgan fingerprint density at radius 3 is 2.39 bits per heavy atom. The second kappa shape index (κ2) is 9.06. The zero-order valence-corrected chi connectivity index (χ0v) is 16.4. The van der Waals surface area contributed by atoms with Gasteiger partial charge in [0.05, 0.1) is 24.2 Å². The number of piperidine rings is 1. The number of halogens is 2. The van der Waals surface area contributed by atoms with Crippen molar-refractivity contribution in [2.24, 2.45) is 0 Å². The van der Waals surface area contributed by atoms with Crippen LogP contribution in [0, 0.1) is 5.82 Å². The molecular weight excluding hydrogens is 383 g/mol. The number of methoxy groups -OCH3 is 1. The zero-order chi connectivity index (χ0) is 20.1. The number of likely N-dealkylation sites (tertiary alicyclic amines) is 1. The average molecular weight is 405 g/mol. The summed E-state index contributed by atoms with van der Waals surface area (Å²) in [6.07, 6.45) is 3.05. The molecule has 7 heteroatoms. The molecule has 2 aromatic rings. The van der Waals surface area contributed by atoms with Gasteiger partial charge in [-0.1, -0.05) is 23.7 Å². The third-order valence-electron chi connectivity index (χ3n) is 4.79. The molecule has 1 aliphatic rings. The van der Waals surface area contributed by atoms with E-state index in [2.05, 4.69) is 0 Å². The van der Waals surface area contributed by atoms with E-state index in [1.165, 1.54) is 19.2 Å². The molecule has 3 rings (SSSR count). The molecule has 5 nitrogen and oxygen atoms in total. The van der Waals surface area contributed by atoms with Gasteiger partial charge >= 0.3 is 12.0 Å². The van der Waals surface area contributed by atoms with E-state index in [4.69, 9.17) is 16.3 Å². The normalized spacial score (nSPS) is 13.9. The number of carbonyl (C=O) groups excluding carboxylic acids is 2. The van der Waals surface area contributed by atoms with E-state index >= 15 is 0 Å². The SMILES string of the molecule is COC(=O)c1ccc(CN(C(=O)N2CCCCC2)c2ccc(F)c(Cl)c2)cc1. The molecule has 0 spiro atoms. The second-order valence-corrected chi connectivity index (χ2v) is 7.11. The Kier molecular flexibility index (Phi) is 6.52. The van der Waals surface area contributed by atoms with E-state index in [-0.39, 0.29) is 17.6 Å². The molecule has 2 aromatic carbocycles. The Morgan fingerprint density at radius 1 is 1.11 bits per heavy atom. The minimum absolute atomic E-state index is 0.0324. The van der Waals surface area contributed by atoms with Gasteiger partial charge in [0.1, 0.15) is 5.82 Å². The maximum atomic E-state index is 13.6. The van der Waals surface area contributed by atoms with E-state index in [1.54, 1.807) is 35.2 Å². The average Bonchev–Trinajstić information content (AvgIpc) is 2.74. The summed E-state index contributed by atoms with van der Waals surface area (Å²) in [5, 5.41) is -0.0324. The van der Waals surface area contributed by atoms with Crippen LogP contribution in [0.25, 0.3) is 0 Å². The third kappa shape index (κ3) is 4.62. The van der Waals surface area contributed by atoms with Crippen LogP contribution in [0.3, 0.4) is 0 Å². The van der Waals surface area contributed by atoms with Gasteiger partial charge in [-0.25, -0.2) is 14.0 Å². The number of urea groups is 1. The van der Waals surface area contributed by atoms with Crippen LogP contribution < -0.4 is 4.90 Å². The summed E-state index contributed by atoms with van der Waals surface area (Å²) in [7, 11) is 1.33. The van der Waals surface area contributed by atoms with Crippen molar-refractivity contribution in [3.8, 4) is 0 Å². The lowest BCUT2D eigenvalue weighted by Crippen LogP contribution is -2.45. The van der Waals surface area contributed by atoms with Crippen LogP contribution in [0.15, 0.2) is 42.5 Å². The highest BCUT2D eigenvalue weighted by Gasteiger charge is 2.24. The van der Waals surface area contributed by atoms with Gasteiger partial charge in [-0.05, 0) is 55.2 Å². The summed E-state index contributed by atoms with van der Waals surface area (Å²) in [5.74, 6) is -0.948. The minimum Gasteiger partial charge on any atom is -0.465 e. The van der Waals surface area contributed by atoms with Crippen molar-refractivity contribution in [2.75, 3.05) is 25.1 Å². The van der Waals surface area contributed by atoms with E-state index in [1.807, 2.05) is 4.90 Å². The number of carbonyl (C=O) groups is 2. The molecule has 1 heterocycles. The number of benzene rings is 2. The molecular formula is C21H22ClFN2O3. The Morgan fingerprint density at radius 2 is 1.79 bits per heavy atom. The molecule has 0 bridgehead atoms. The van der Waals surface area contributed by atoms with Gasteiger partial charge in [0, 0.05) is 18.8 Å². The molecule has 0 aromatic heterocycles. The molecule has 0 N–H and O–H groups in total. The van der Waals surface area contributed by atoms with Crippen LogP contribution in [0.1, 0.15) is 35.2 Å². The first kappa shape index (κ1) is 20.1. The Bertz CT molecular complexity index is 851. The topological polar surface area (TPSA) is 49.9 Å². The standard InChI is InChI=1S/C21H22ClFN2O3/c1-28-20(26)16-7-5-15(6-8-16)14-25(17-9-10-19(23)18(22)13-17)21(27)24-11-3-2-4-12-24/h5-10,13H,2-4,11-12,14H2,1H3. The fraction of sp³-hybridized carbons (Fsp3) is 0.333. The predicted octanol–water partition coefficient (Wildman–Crippen LogP) is 4.88.